The summed E-state index contributed by atoms with van der Waals surface area (Å²) in [5, 5.41) is 7.80. The molecule has 4 bridgehead atoms. The minimum atomic E-state index is 0.139. The summed E-state index contributed by atoms with van der Waals surface area (Å²) in [7, 11) is 0. The highest BCUT2D eigenvalue weighted by molar-refractivity contribution is 5.93. The van der Waals surface area contributed by atoms with Crippen molar-refractivity contribution >= 4 is 17.6 Å². The number of anilines is 1. The molecule has 0 unspecified atom stereocenters. The molecule has 1 atom stereocenters. The van der Waals surface area contributed by atoms with E-state index < -0.39 is 0 Å². The van der Waals surface area contributed by atoms with Crippen molar-refractivity contribution in [2.75, 3.05) is 11.4 Å². The van der Waals surface area contributed by atoms with Crippen molar-refractivity contribution in [2.24, 2.45) is 23.2 Å². The lowest BCUT2D eigenvalue weighted by molar-refractivity contribution is -0.126. The molecule has 4 fully saturated rings. The summed E-state index contributed by atoms with van der Waals surface area (Å²) in [6, 6.07) is 2.23. The van der Waals surface area contributed by atoms with E-state index in [-0.39, 0.29) is 17.9 Å². The fraction of sp³-hybridized carbons (Fsp3) is 0.783. The van der Waals surface area contributed by atoms with Gasteiger partial charge in [-0.1, -0.05) is 0 Å². The smallest absolute Gasteiger partial charge is 0.229 e. The average Bonchev–Trinajstić information content (AvgIpc) is 3.03. The highest BCUT2D eigenvalue weighted by Crippen LogP contribution is 2.61. The Morgan fingerprint density at radius 1 is 1.24 bits per heavy atom. The molecule has 2 amide bonds. The lowest BCUT2D eigenvalue weighted by atomic mass is 9.48. The number of hydrogen-bond donors (Lipinski definition) is 1. The van der Waals surface area contributed by atoms with Gasteiger partial charge in [0.15, 0.2) is 0 Å². The summed E-state index contributed by atoms with van der Waals surface area (Å²) in [6.45, 7) is 5.43. The third kappa shape index (κ3) is 3.49. The number of amides is 2. The first-order valence-corrected chi connectivity index (χ1v) is 11.6. The monoisotopic (exact) mass is 398 g/mol. The van der Waals surface area contributed by atoms with Crippen molar-refractivity contribution < 1.29 is 9.59 Å². The number of aromatic nitrogens is 2. The van der Waals surface area contributed by atoms with Crippen molar-refractivity contribution in [3.63, 3.8) is 0 Å². The number of nitrogens with one attached hydrogen (secondary N) is 1. The highest BCUT2D eigenvalue weighted by atomic mass is 16.2. The Bertz CT molecular complexity index is 779. The fourth-order valence-electron chi connectivity index (χ4n) is 7.19. The van der Waals surface area contributed by atoms with Crippen LogP contribution in [0.15, 0.2) is 6.07 Å². The minimum absolute atomic E-state index is 0.139. The second-order valence-corrected chi connectivity index (χ2v) is 10.3. The molecule has 29 heavy (non-hydrogen) atoms. The molecule has 1 aromatic heterocycles. The Morgan fingerprint density at radius 2 is 1.90 bits per heavy atom. The number of carbonyl (C=O) groups excluding carboxylic acids is 2. The number of hydrogen-bond acceptors (Lipinski definition) is 3. The Kier molecular flexibility index (Phi) is 4.71. The molecule has 158 valence electrons. The molecule has 1 aliphatic heterocycles. The van der Waals surface area contributed by atoms with Gasteiger partial charge in [0.1, 0.15) is 5.82 Å². The van der Waals surface area contributed by atoms with Gasteiger partial charge in [0.25, 0.3) is 0 Å². The number of fused-ring (bicyclic) bond motifs is 1. The molecule has 0 saturated heterocycles. The number of nitrogens with zero attached hydrogens (tertiary/aromatic N) is 3. The Morgan fingerprint density at radius 3 is 2.55 bits per heavy atom. The number of aryl methyl sites for hydroxylation is 2. The summed E-state index contributed by atoms with van der Waals surface area (Å²) < 4.78 is 1.91. The SMILES string of the molecule is Cc1cc2n(n1)CCC(=O)N2CCCC(=O)N[C@H](C)C12CC3CC(CC(C3)C1)C2. The van der Waals surface area contributed by atoms with Crippen LogP contribution in [0.4, 0.5) is 5.82 Å². The van der Waals surface area contributed by atoms with Crippen molar-refractivity contribution in [1.82, 2.24) is 15.1 Å². The zero-order chi connectivity index (χ0) is 20.2. The van der Waals surface area contributed by atoms with Crippen LogP contribution in [0.3, 0.4) is 0 Å². The molecule has 0 radical (unpaired) electrons. The molecule has 5 aliphatic rings. The normalized spacial score (nSPS) is 33.7. The summed E-state index contributed by atoms with van der Waals surface area (Å²) in [4.78, 5) is 26.9. The second-order valence-electron chi connectivity index (χ2n) is 10.3. The maximum Gasteiger partial charge on any atom is 0.229 e. The summed E-state index contributed by atoms with van der Waals surface area (Å²) in [5.41, 5.74) is 1.28. The van der Waals surface area contributed by atoms with Gasteiger partial charge in [0.2, 0.25) is 11.8 Å². The number of carbonyl (C=O) groups is 2. The van der Waals surface area contributed by atoms with Gasteiger partial charge in [-0.2, -0.15) is 5.10 Å². The quantitative estimate of drug-likeness (QED) is 0.798. The van der Waals surface area contributed by atoms with E-state index in [4.69, 9.17) is 0 Å². The first-order valence-electron chi connectivity index (χ1n) is 11.6. The van der Waals surface area contributed by atoms with E-state index in [0.717, 1.165) is 29.3 Å². The molecule has 1 aromatic rings. The molecule has 4 aliphatic carbocycles. The van der Waals surface area contributed by atoms with Gasteiger partial charge in [0.05, 0.1) is 12.2 Å². The molecule has 0 spiro atoms. The Labute approximate surface area is 173 Å². The third-order valence-corrected chi connectivity index (χ3v) is 8.16. The zero-order valence-electron chi connectivity index (χ0n) is 17.8. The topological polar surface area (TPSA) is 67.2 Å². The fourth-order valence-corrected chi connectivity index (χ4v) is 7.19. The largest absolute Gasteiger partial charge is 0.353 e. The van der Waals surface area contributed by atoms with Crippen LogP contribution in [0.1, 0.15) is 70.4 Å². The van der Waals surface area contributed by atoms with Gasteiger partial charge in [0, 0.05) is 31.5 Å². The predicted molar refractivity (Wildman–Crippen MR) is 111 cm³/mol. The van der Waals surface area contributed by atoms with Gasteiger partial charge in [-0.25, -0.2) is 4.68 Å². The molecule has 4 saturated carbocycles. The van der Waals surface area contributed by atoms with E-state index in [0.29, 0.717) is 37.8 Å². The average molecular weight is 399 g/mol. The van der Waals surface area contributed by atoms with Crippen molar-refractivity contribution in [3.05, 3.63) is 11.8 Å². The highest BCUT2D eigenvalue weighted by Gasteiger charge is 2.53. The van der Waals surface area contributed by atoms with Gasteiger partial charge in [-0.05, 0) is 82.0 Å². The van der Waals surface area contributed by atoms with Gasteiger partial charge in [-0.3, -0.25) is 14.5 Å². The van der Waals surface area contributed by atoms with Crippen LogP contribution >= 0.6 is 0 Å². The lowest BCUT2D eigenvalue weighted by Gasteiger charge is -2.59. The van der Waals surface area contributed by atoms with Crippen LogP contribution < -0.4 is 10.2 Å². The predicted octanol–water partition coefficient (Wildman–Crippen LogP) is 3.43. The van der Waals surface area contributed by atoms with Crippen molar-refractivity contribution in [2.45, 2.75) is 84.2 Å². The van der Waals surface area contributed by atoms with Crippen LogP contribution in [0.5, 0.6) is 0 Å². The van der Waals surface area contributed by atoms with E-state index in [1.54, 1.807) is 4.90 Å². The van der Waals surface area contributed by atoms with Crippen LogP contribution in [-0.2, 0) is 16.1 Å². The maximum absolute atomic E-state index is 12.7. The lowest BCUT2D eigenvalue weighted by Crippen LogP contribution is -2.55. The molecule has 6 nitrogen and oxygen atoms in total. The molecule has 0 aromatic carbocycles. The Hall–Kier alpha value is -1.85. The first-order chi connectivity index (χ1) is 13.9. The maximum atomic E-state index is 12.7. The first kappa shape index (κ1) is 19.1. The van der Waals surface area contributed by atoms with Crippen LogP contribution in [-0.4, -0.2) is 34.2 Å². The molecule has 1 N–H and O–H groups in total. The molecule has 2 heterocycles. The van der Waals surface area contributed by atoms with Gasteiger partial charge >= 0.3 is 0 Å². The molecular weight excluding hydrogens is 364 g/mol. The second kappa shape index (κ2) is 7.13. The van der Waals surface area contributed by atoms with Crippen LogP contribution in [0.25, 0.3) is 0 Å². The minimum Gasteiger partial charge on any atom is -0.353 e. The van der Waals surface area contributed by atoms with E-state index in [1.165, 1.54) is 38.5 Å². The Balaban J connectivity index is 1.15. The van der Waals surface area contributed by atoms with E-state index in [9.17, 15) is 9.59 Å². The van der Waals surface area contributed by atoms with Crippen molar-refractivity contribution in [3.8, 4) is 0 Å². The zero-order valence-corrected chi connectivity index (χ0v) is 17.8. The van der Waals surface area contributed by atoms with E-state index in [1.807, 2.05) is 17.7 Å². The summed E-state index contributed by atoms with van der Waals surface area (Å²) >= 11 is 0. The van der Waals surface area contributed by atoms with E-state index >= 15 is 0 Å². The number of rotatable bonds is 6. The summed E-state index contributed by atoms with van der Waals surface area (Å²) in [5.74, 6) is 3.86. The van der Waals surface area contributed by atoms with Gasteiger partial charge < -0.3 is 5.32 Å². The standard InChI is InChI=1S/C23H34N4O2/c1-15-8-21-26(22(29)5-7-27(21)25-15)6-3-4-20(28)24-16(2)23-12-17-9-18(13-23)11-19(10-17)14-23/h8,16-19H,3-7,9-14H2,1-2H3,(H,24,28)/t16-,17?,18?,19?,23?/m1/s1. The third-order valence-electron chi connectivity index (χ3n) is 8.16. The molecule has 6 rings (SSSR count). The molecule has 6 heteroatoms. The molecular formula is C23H34N4O2. The van der Waals surface area contributed by atoms with E-state index in [2.05, 4.69) is 17.3 Å². The van der Waals surface area contributed by atoms with Crippen LogP contribution in [0, 0.1) is 30.1 Å². The summed E-state index contributed by atoms with van der Waals surface area (Å²) in [6.07, 6.45) is 9.89. The van der Waals surface area contributed by atoms with Gasteiger partial charge in [-0.15, -0.1) is 0 Å². The van der Waals surface area contributed by atoms with Crippen LogP contribution in [0.2, 0.25) is 0 Å². The van der Waals surface area contributed by atoms with Crippen molar-refractivity contribution in [1.29, 1.82) is 0 Å².